The third-order valence-corrected chi connectivity index (χ3v) is 6.55. The van der Waals surface area contributed by atoms with Crippen LogP contribution in [-0.4, -0.2) is 28.6 Å². The van der Waals surface area contributed by atoms with Gasteiger partial charge in [-0.3, -0.25) is 0 Å². The first-order valence-electron chi connectivity index (χ1n) is 9.26. The van der Waals surface area contributed by atoms with Crippen LogP contribution in [-0.2, 0) is 6.54 Å². The predicted octanol–water partition coefficient (Wildman–Crippen LogP) is 5.49. The molecular formula is C23H22N2OS. The highest BCUT2D eigenvalue weighted by Gasteiger charge is 2.30. The molecule has 0 amide bonds. The SMILES string of the molecule is Cc1ccc2[nH]c3c(c2c1)CN(C)CC3c1ccsc1-c1ccc(O)cc1. The Morgan fingerprint density at radius 1 is 1.11 bits per heavy atom. The highest BCUT2D eigenvalue weighted by molar-refractivity contribution is 7.13. The van der Waals surface area contributed by atoms with Crippen molar-refractivity contribution in [2.24, 2.45) is 0 Å². The van der Waals surface area contributed by atoms with E-state index in [4.69, 9.17) is 0 Å². The van der Waals surface area contributed by atoms with Crippen LogP contribution in [0.5, 0.6) is 5.75 Å². The van der Waals surface area contributed by atoms with Crippen molar-refractivity contribution in [3.05, 3.63) is 76.3 Å². The van der Waals surface area contributed by atoms with Crippen molar-refractivity contribution in [1.82, 2.24) is 9.88 Å². The van der Waals surface area contributed by atoms with E-state index >= 15 is 0 Å². The molecule has 27 heavy (non-hydrogen) atoms. The lowest BCUT2D eigenvalue weighted by Gasteiger charge is -2.30. The molecule has 0 bridgehead atoms. The fraction of sp³-hybridized carbons (Fsp3) is 0.217. The summed E-state index contributed by atoms with van der Waals surface area (Å²) in [6, 6.07) is 16.5. The summed E-state index contributed by atoms with van der Waals surface area (Å²) in [6.07, 6.45) is 0. The van der Waals surface area contributed by atoms with E-state index in [1.54, 1.807) is 23.5 Å². The number of hydrogen-bond donors (Lipinski definition) is 2. The summed E-state index contributed by atoms with van der Waals surface area (Å²) >= 11 is 1.77. The zero-order valence-corrected chi connectivity index (χ0v) is 16.3. The number of nitrogens with one attached hydrogen (secondary N) is 1. The highest BCUT2D eigenvalue weighted by atomic mass is 32.1. The average Bonchev–Trinajstić information content (AvgIpc) is 3.27. The maximum absolute atomic E-state index is 9.63. The summed E-state index contributed by atoms with van der Waals surface area (Å²) in [5, 5.41) is 13.2. The number of thiophene rings is 1. The summed E-state index contributed by atoms with van der Waals surface area (Å²) in [6.45, 7) is 4.14. The van der Waals surface area contributed by atoms with Gasteiger partial charge in [-0.25, -0.2) is 0 Å². The Bertz CT molecular complexity index is 1120. The van der Waals surface area contributed by atoms with Gasteiger partial charge in [0.2, 0.25) is 0 Å². The predicted molar refractivity (Wildman–Crippen MR) is 113 cm³/mol. The second kappa shape index (κ2) is 6.25. The van der Waals surface area contributed by atoms with Crippen molar-refractivity contribution in [3.63, 3.8) is 0 Å². The van der Waals surface area contributed by atoms with Crippen LogP contribution >= 0.6 is 11.3 Å². The standard InChI is InChI=1S/C23H22N2OS/c1-14-3-8-21-18(11-14)20-13-25(2)12-19(22(20)24-21)17-9-10-27-23(17)15-4-6-16(26)7-5-15/h3-11,19,24,26H,12-13H2,1-2H3. The number of aromatic amines is 1. The first-order valence-corrected chi connectivity index (χ1v) is 10.1. The molecule has 2 aromatic carbocycles. The Morgan fingerprint density at radius 3 is 2.74 bits per heavy atom. The molecule has 1 aliphatic heterocycles. The quantitative estimate of drug-likeness (QED) is 0.487. The Balaban J connectivity index is 1.67. The first kappa shape index (κ1) is 16.6. The molecule has 5 rings (SSSR count). The van der Waals surface area contributed by atoms with Gasteiger partial charge in [0.25, 0.3) is 0 Å². The first-order chi connectivity index (χ1) is 13.1. The number of phenols is 1. The van der Waals surface area contributed by atoms with Crippen LogP contribution in [0.2, 0.25) is 0 Å². The molecule has 3 heterocycles. The van der Waals surface area contributed by atoms with E-state index in [-0.39, 0.29) is 0 Å². The summed E-state index contributed by atoms with van der Waals surface area (Å²) in [5.74, 6) is 0.629. The number of aromatic hydroxyl groups is 1. The molecule has 1 aliphatic rings. The van der Waals surface area contributed by atoms with E-state index in [0.717, 1.165) is 13.1 Å². The van der Waals surface area contributed by atoms with Crippen molar-refractivity contribution in [3.8, 4) is 16.2 Å². The minimum Gasteiger partial charge on any atom is -0.508 e. The molecule has 2 N–H and O–H groups in total. The van der Waals surface area contributed by atoms with E-state index in [2.05, 4.69) is 53.5 Å². The number of benzene rings is 2. The zero-order chi connectivity index (χ0) is 18.5. The van der Waals surface area contributed by atoms with Gasteiger partial charge >= 0.3 is 0 Å². The van der Waals surface area contributed by atoms with E-state index < -0.39 is 0 Å². The van der Waals surface area contributed by atoms with Crippen LogP contribution in [0.3, 0.4) is 0 Å². The Kier molecular flexibility index (Phi) is 3.85. The number of likely N-dealkylation sites (N-methyl/N-ethyl adjacent to an activating group) is 1. The number of aromatic nitrogens is 1. The van der Waals surface area contributed by atoms with Crippen LogP contribution in [0.4, 0.5) is 0 Å². The lowest BCUT2D eigenvalue weighted by molar-refractivity contribution is 0.295. The molecular weight excluding hydrogens is 352 g/mol. The van der Waals surface area contributed by atoms with Crippen LogP contribution in [0.25, 0.3) is 21.3 Å². The van der Waals surface area contributed by atoms with Gasteiger partial charge in [-0.05, 0) is 78.5 Å². The van der Waals surface area contributed by atoms with Gasteiger partial charge < -0.3 is 15.0 Å². The molecule has 0 saturated heterocycles. The van der Waals surface area contributed by atoms with E-state index in [9.17, 15) is 5.11 Å². The fourth-order valence-electron chi connectivity index (χ4n) is 4.28. The molecule has 1 unspecified atom stereocenters. The maximum Gasteiger partial charge on any atom is 0.115 e. The van der Waals surface area contributed by atoms with Crippen molar-refractivity contribution in [1.29, 1.82) is 0 Å². The molecule has 0 fully saturated rings. The average molecular weight is 375 g/mol. The number of H-pyrrole nitrogens is 1. The third-order valence-electron chi connectivity index (χ3n) is 5.57. The molecule has 2 aromatic heterocycles. The van der Waals surface area contributed by atoms with Crippen molar-refractivity contribution < 1.29 is 5.11 Å². The zero-order valence-electron chi connectivity index (χ0n) is 15.5. The topological polar surface area (TPSA) is 39.3 Å². The van der Waals surface area contributed by atoms with Crippen LogP contribution in [0.15, 0.2) is 53.9 Å². The van der Waals surface area contributed by atoms with E-state index in [1.807, 2.05) is 12.1 Å². The summed E-state index contributed by atoms with van der Waals surface area (Å²) in [7, 11) is 2.21. The molecule has 4 aromatic rings. The molecule has 4 heteroatoms. The fourth-order valence-corrected chi connectivity index (χ4v) is 5.25. The number of fused-ring (bicyclic) bond motifs is 3. The van der Waals surface area contributed by atoms with Gasteiger partial charge in [0.05, 0.1) is 0 Å². The lowest BCUT2D eigenvalue weighted by Crippen LogP contribution is -2.30. The molecule has 0 radical (unpaired) electrons. The van der Waals surface area contributed by atoms with Crippen molar-refractivity contribution in [2.45, 2.75) is 19.4 Å². The van der Waals surface area contributed by atoms with E-state index in [0.29, 0.717) is 11.7 Å². The number of rotatable bonds is 2. The van der Waals surface area contributed by atoms with Crippen molar-refractivity contribution >= 4 is 22.2 Å². The van der Waals surface area contributed by atoms with Gasteiger partial charge in [-0.2, -0.15) is 0 Å². The highest BCUT2D eigenvalue weighted by Crippen LogP contribution is 2.42. The minimum absolute atomic E-state index is 0.308. The van der Waals surface area contributed by atoms with Gasteiger partial charge in [0, 0.05) is 40.5 Å². The monoisotopic (exact) mass is 374 g/mol. The van der Waals surface area contributed by atoms with Gasteiger partial charge in [0.15, 0.2) is 0 Å². The minimum atomic E-state index is 0.308. The Hall–Kier alpha value is -2.56. The Labute approximate surface area is 162 Å². The number of nitrogens with zero attached hydrogens (tertiary/aromatic N) is 1. The second-order valence-electron chi connectivity index (χ2n) is 7.57. The molecule has 136 valence electrons. The third kappa shape index (κ3) is 2.76. The molecule has 3 nitrogen and oxygen atoms in total. The van der Waals surface area contributed by atoms with Crippen LogP contribution < -0.4 is 0 Å². The van der Waals surface area contributed by atoms with Gasteiger partial charge in [-0.1, -0.05) is 11.6 Å². The maximum atomic E-state index is 9.63. The normalized spacial score (nSPS) is 17.3. The number of aryl methyl sites for hydroxylation is 1. The lowest BCUT2D eigenvalue weighted by atomic mass is 9.88. The smallest absolute Gasteiger partial charge is 0.115 e. The Morgan fingerprint density at radius 2 is 1.93 bits per heavy atom. The molecule has 0 aliphatic carbocycles. The van der Waals surface area contributed by atoms with Crippen molar-refractivity contribution in [2.75, 3.05) is 13.6 Å². The van der Waals surface area contributed by atoms with Gasteiger partial charge in [0.1, 0.15) is 5.75 Å². The largest absolute Gasteiger partial charge is 0.508 e. The summed E-state index contributed by atoms with van der Waals surface area (Å²) in [5.41, 5.74) is 7.84. The summed E-state index contributed by atoms with van der Waals surface area (Å²) in [4.78, 5) is 7.43. The number of hydrogen-bond acceptors (Lipinski definition) is 3. The van der Waals surface area contributed by atoms with Crippen LogP contribution in [0.1, 0.15) is 28.3 Å². The van der Waals surface area contributed by atoms with Gasteiger partial charge in [-0.15, -0.1) is 11.3 Å². The molecule has 0 saturated carbocycles. The summed E-state index contributed by atoms with van der Waals surface area (Å²) < 4.78 is 0. The van der Waals surface area contributed by atoms with E-state index in [1.165, 1.54) is 43.7 Å². The number of phenolic OH excluding ortho intramolecular Hbond substituents is 1. The molecule has 1 atom stereocenters. The molecule has 0 spiro atoms. The van der Waals surface area contributed by atoms with Crippen LogP contribution in [0, 0.1) is 6.92 Å². The second-order valence-corrected chi connectivity index (χ2v) is 8.48.